The van der Waals surface area contributed by atoms with Crippen LogP contribution in [0, 0.1) is 11.3 Å². The third kappa shape index (κ3) is 2.32. The second-order valence-electron chi connectivity index (χ2n) is 8.08. The second-order valence-corrected chi connectivity index (χ2v) is 8.08. The van der Waals surface area contributed by atoms with Crippen molar-refractivity contribution < 1.29 is 4.79 Å². The summed E-state index contributed by atoms with van der Waals surface area (Å²) >= 11 is 0. The molecule has 1 aromatic carbocycles. The molecule has 1 aromatic heterocycles. The zero-order chi connectivity index (χ0) is 17.0. The van der Waals surface area contributed by atoms with Crippen molar-refractivity contribution in [3.63, 3.8) is 0 Å². The Balaban J connectivity index is 1.42. The van der Waals surface area contributed by atoms with Crippen molar-refractivity contribution in [1.82, 2.24) is 19.8 Å². The summed E-state index contributed by atoms with van der Waals surface area (Å²) in [6.45, 7) is 3.02. The Hall–Kier alpha value is -1.88. The molecule has 1 N–H and O–H groups in total. The van der Waals surface area contributed by atoms with Gasteiger partial charge in [-0.25, -0.2) is 4.98 Å². The summed E-state index contributed by atoms with van der Waals surface area (Å²) in [6, 6.07) is 8.39. The van der Waals surface area contributed by atoms with Crippen LogP contribution in [0.3, 0.4) is 0 Å². The third-order valence-corrected chi connectivity index (χ3v) is 6.74. The summed E-state index contributed by atoms with van der Waals surface area (Å²) < 4.78 is 2.18. The lowest BCUT2D eigenvalue weighted by molar-refractivity contribution is -0.134. The Bertz CT molecular complexity index is 820. The minimum absolute atomic E-state index is 0.143. The van der Waals surface area contributed by atoms with Gasteiger partial charge in [-0.15, -0.1) is 0 Å². The number of hydrogen-bond acceptors (Lipinski definition) is 3. The average molecular weight is 338 g/mol. The lowest BCUT2D eigenvalue weighted by Crippen LogP contribution is -2.36. The largest absolute Gasteiger partial charge is 0.332 e. The number of fused-ring (bicyclic) bond motifs is 1. The number of likely N-dealkylation sites (tertiary alicyclic amines) is 1. The molecular formula is C20H26N4O. The van der Waals surface area contributed by atoms with Crippen LogP contribution in [-0.2, 0) is 11.8 Å². The van der Waals surface area contributed by atoms with E-state index in [-0.39, 0.29) is 12.0 Å². The maximum absolute atomic E-state index is 13.3. The molecule has 5 heteroatoms. The van der Waals surface area contributed by atoms with Gasteiger partial charge in [-0.05, 0) is 62.7 Å². The molecule has 3 fully saturated rings. The number of nitrogens with one attached hydrogen (secondary N) is 1. The maximum atomic E-state index is 13.3. The molecule has 3 heterocycles. The van der Waals surface area contributed by atoms with Crippen molar-refractivity contribution in [2.45, 2.75) is 38.1 Å². The number of rotatable bonds is 2. The van der Waals surface area contributed by atoms with E-state index < -0.39 is 0 Å². The third-order valence-electron chi connectivity index (χ3n) is 6.74. The van der Waals surface area contributed by atoms with Crippen molar-refractivity contribution in [2.75, 3.05) is 19.6 Å². The van der Waals surface area contributed by atoms with Crippen LogP contribution in [0.1, 0.15) is 44.0 Å². The molecule has 2 aromatic rings. The standard InChI is InChI=1S/C20H26N4O/c1-23-16-6-3-2-5-15(16)22-18(23)17-7-4-12-24(17)19(25)14-13-20(14)8-10-21-11-9-20/h2-3,5-6,14,17,21H,4,7-13H2,1H3. The van der Waals surface area contributed by atoms with Crippen molar-refractivity contribution in [1.29, 1.82) is 0 Å². The van der Waals surface area contributed by atoms with Crippen LogP contribution in [0.2, 0.25) is 0 Å². The van der Waals surface area contributed by atoms with Crippen LogP contribution in [0.15, 0.2) is 24.3 Å². The minimum atomic E-state index is 0.143. The summed E-state index contributed by atoms with van der Waals surface area (Å²) in [5.74, 6) is 1.69. The monoisotopic (exact) mass is 338 g/mol. The molecule has 0 bridgehead atoms. The summed E-state index contributed by atoms with van der Waals surface area (Å²) in [5.41, 5.74) is 2.49. The fraction of sp³-hybridized carbons (Fsp3) is 0.600. The SMILES string of the molecule is Cn1c(C2CCCN2C(=O)C2CC23CCNCC3)nc2ccccc21. The Morgan fingerprint density at radius 1 is 1.28 bits per heavy atom. The molecule has 1 spiro atoms. The van der Waals surface area contributed by atoms with E-state index in [2.05, 4.69) is 40.0 Å². The molecule has 2 saturated heterocycles. The van der Waals surface area contributed by atoms with Gasteiger partial charge in [-0.3, -0.25) is 4.79 Å². The average Bonchev–Trinajstić information content (AvgIpc) is 2.99. The summed E-state index contributed by atoms with van der Waals surface area (Å²) in [4.78, 5) is 20.3. The fourth-order valence-corrected chi connectivity index (χ4v) is 5.14. The lowest BCUT2D eigenvalue weighted by Gasteiger charge is -2.28. The molecule has 5 nitrogen and oxygen atoms in total. The maximum Gasteiger partial charge on any atom is 0.226 e. The first-order valence-corrected chi connectivity index (χ1v) is 9.62. The van der Waals surface area contributed by atoms with Gasteiger partial charge in [0.05, 0.1) is 17.1 Å². The quantitative estimate of drug-likeness (QED) is 0.916. The molecule has 1 amide bonds. The highest BCUT2D eigenvalue weighted by Crippen LogP contribution is 2.59. The molecule has 2 aliphatic heterocycles. The van der Waals surface area contributed by atoms with E-state index in [0.29, 0.717) is 11.3 Å². The zero-order valence-electron chi connectivity index (χ0n) is 14.9. The first-order chi connectivity index (χ1) is 12.2. The fourth-order valence-electron chi connectivity index (χ4n) is 5.14. The molecule has 5 rings (SSSR count). The number of aryl methyl sites for hydroxylation is 1. The number of imidazole rings is 1. The van der Waals surface area contributed by atoms with Gasteiger partial charge in [0.15, 0.2) is 0 Å². The molecule has 2 atom stereocenters. The predicted octanol–water partition coefficient (Wildman–Crippen LogP) is 2.63. The highest BCUT2D eigenvalue weighted by atomic mass is 16.2. The number of aromatic nitrogens is 2. The molecule has 1 saturated carbocycles. The van der Waals surface area contributed by atoms with Crippen molar-refractivity contribution in [3.05, 3.63) is 30.1 Å². The number of nitrogens with zero attached hydrogens (tertiary/aromatic N) is 3. The van der Waals surface area contributed by atoms with Crippen LogP contribution in [0.4, 0.5) is 0 Å². The molecule has 25 heavy (non-hydrogen) atoms. The summed E-state index contributed by atoms with van der Waals surface area (Å²) in [5, 5.41) is 3.43. The van der Waals surface area contributed by atoms with E-state index in [0.717, 1.165) is 68.6 Å². The number of amides is 1. The Kier molecular flexibility index (Phi) is 3.42. The van der Waals surface area contributed by atoms with Crippen LogP contribution in [-0.4, -0.2) is 40.0 Å². The van der Waals surface area contributed by atoms with Gasteiger partial charge in [0.2, 0.25) is 5.91 Å². The number of hydrogen-bond donors (Lipinski definition) is 1. The van der Waals surface area contributed by atoms with Gasteiger partial charge in [0.1, 0.15) is 5.82 Å². The van der Waals surface area contributed by atoms with E-state index in [9.17, 15) is 4.79 Å². The molecule has 3 aliphatic rings. The van der Waals surface area contributed by atoms with E-state index in [1.165, 1.54) is 0 Å². The topological polar surface area (TPSA) is 50.2 Å². The van der Waals surface area contributed by atoms with Crippen LogP contribution < -0.4 is 5.32 Å². The number of para-hydroxylation sites is 2. The summed E-state index contributed by atoms with van der Waals surface area (Å²) in [6.07, 6.45) is 5.53. The molecule has 2 unspecified atom stereocenters. The lowest BCUT2D eigenvalue weighted by atomic mass is 9.91. The highest BCUT2D eigenvalue weighted by molar-refractivity contribution is 5.83. The van der Waals surface area contributed by atoms with Gasteiger partial charge in [0, 0.05) is 19.5 Å². The second kappa shape index (κ2) is 5.56. The van der Waals surface area contributed by atoms with Crippen LogP contribution in [0.5, 0.6) is 0 Å². The van der Waals surface area contributed by atoms with Crippen molar-refractivity contribution >= 4 is 16.9 Å². The molecular weight excluding hydrogens is 312 g/mol. The van der Waals surface area contributed by atoms with Gasteiger partial charge < -0.3 is 14.8 Å². The molecule has 0 radical (unpaired) electrons. The Morgan fingerprint density at radius 2 is 2.08 bits per heavy atom. The zero-order valence-corrected chi connectivity index (χ0v) is 14.9. The first-order valence-electron chi connectivity index (χ1n) is 9.62. The van der Waals surface area contributed by atoms with Crippen molar-refractivity contribution in [3.8, 4) is 0 Å². The highest BCUT2D eigenvalue weighted by Gasteiger charge is 2.59. The summed E-state index contributed by atoms with van der Waals surface area (Å²) in [7, 11) is 2.08. The van der Waals surface area contributed by atoms with E-state index in [4.69, 9.17) is 4.98 Å². The van der Waals surface area contributed by atoms with E-state index in [1.807, 2.05) is 6.07 Å². The Morgan fingerprint density at radius 3 is 2.88 bits per heavy atom. The van der Waals surface area contributed by atoms with E-state index in [1.54, 1.807) is 0 Å². The van der Waals surface area contributed by atoms with Crippen LogP contribution in [0.25, 0.3) is 11.0 Å². The first kappa shape index (κ1) is 15.4. The van der Waals surface area contributed by atoms with Gasteiger partial charge >= 0.3 is 0 Å². The van der Waals surface area contributed by atoms with Gasteiger partial charge in [-0.2, -0.15) is 0 Å². The minimum Gasteiger partial charge on any atom is -0.332 e. The van der Waals surface area contributed by atoms with Gasteiger partial charge in [0.25, 0.3) is 0 Å². The van der Waals surface area contributed by atoms with Gasteiger partial charge in [-0.1, -0.05) is 12.1 Å². The Labute approximate surface area is 148 Å². The molecule has 132 valence electrons. The molecule has 1 aliphatic carbocycles. The normalized spacial score (nSPS) is 28.0. The number of carbonyl (C=O) groups is 1. The van der Waals surface area contributed by atoms with Crippen LogP contribution >= 0.6 is 0 Å². The number of carbonyl (C=O) groups excluding carboxylic acids is 1. The number of benzene rings is 1. The van der Waals surface area contributed by atoms with Crippen molar-refractivity contribution in [2.24, 2.45) is 18.4 Å². The predicted molar refractivity (Wildman–Crippen MR) is 97.0 cm³/mol. The number of piperidine rings is 1. The van der Waals surface area contributed by atoms with E-state index >= 15 is 0 Å². The smallest absolute Gasteiger partial charge is 0.226 e.